The fraction of sp³-hybridized carbons (Fsp3) is 1.00. The fourth-order valence-corrected chi connectivity index (χ4v) is 3.70. The molecule has 2 nitrogen and oxygen atoms in total. The number of aliphatic hydroxyl groups excluding tert-OH is 1. The molecule has 2 heteroatoms. The zero-order valence-electron chi connectivity index (χ0n) is 12.4. The van der Waals surface area contributed by atoms with Crippen LogP contribution in [0.3, 0.4) is 0 Å². The summed E-state index contributed by atoms with van der Waals surface area (Å²) in [6.45, 7) is 8.89. The Kier molecular flexibility index (Phi) is 5.08. The molecule has 0 aromatic heterocycles. The Hall–Kier alpha value is -0.0800. The fourth-order valence-electron chi connectivity index (χ4n) is 3.70. The highest BCUT2D eigenvalue weighted by Crippen LogP contribution is 2.56. The molecule has 106 valence electrons. The van der Waals surface area contributed by atoms with E-state index >= 15 is 0 Å². The van der Waals surface area contributed by atoms with Crippen molar-refractivity contribution in [1.29, 1.82) is 0 Å². The maximum Gasteiger partial charge on any atom is 0.0563 e. The zero-order chi connectivity index (χ0) is 13.1. The lowest BCUT2D eigenvalue weighted by molar-refractivity contribution is 0.114. The number of nitrogens with one attached hydrogen (secondary N) is 1. The molecule has 2 rings (SSSR count). The van der Waals surface area contributed by atoms with E-state index in [1.165, 1.54) is 25.8 Å². The molecule has 5 atom stereocenters. The molecule has 0 aromatic rings. The molecule has 18 heavy (non-hydrogen) atoms. The third-order valence-corrected chi connectivity index (χ3v) is 5.33. The van der Waals surface area contributed by atoms with Crippen molar-refractivity contribution in [1.82, 2.24) is 5.32 Å². The summed E-state index contributed by atoms with van der Waals surface area (Å²) < 4.78 is 0. The van der Waals surface area contributed by atoms with E-state index in [1.807, 2.05) is 0 Å². The van der Waals surface area contributed by atoms with Crippen LogP contribution < -0.4 is 5.32 Å². The summed E-state index contributed by atoms with van der Waals surface area (Å²) in [5.74, 6) is 4.50. The van der Waals surface area contributed by atoms with Crippen LogP contribution in [0.15, 0.2) is 0 Å². The van der Waals surface area contributed by atoms with Crippen LogP contribution >= 0.6 is 0 Å². The third kappa shape index (κ3) is 3.71. The Morgan fingerprint density at radius 1 is 1.22 bits per heavy atom. The molecule has 0 spiro atoms. The van der Waals surface area contributed by atoms with Gasteiger partial charge >= 0.3 is 0 Å². The van der Waals surface area contributed by atoms with Crippen LogP contribution in [-0.2, 0) is 0 Å². The summed E-state index contributed by atoms with van der Waals surface area (Å²) >= 11 is 0. The molecule has 0 saturated heterocycles. The van der Waals surface area contributed by atoms with Crippen molar-refractivity contribution in [3.8, 4) is 0 Å². The van der Waals surface area contributed by atoms with Crippen LogP contribution in [0.25, 0.3) is 0 Å². The highest BCUT2D eigenvalue weighted by atomic mass is 16.3. The van der Waals surface area contributed by atoms with E-state index in [9.17, 15) is 5.11 Å². The van der Waals surface area contributed by atoms with Gasteiger partial charge in [-0.1, -0.05) is 20.8 Å². The molecule has 2 N–H and O–H groups in total. The van der Waals surface area contributed by atoms with Crippen LogP contribution in [0.4, 0.5) is 0 Å². The molecule has 0 aromatic carbocycles. The summed E-state index contributed by atoms with van der Waals surface area (Å²) in [4.78, 5) is 0. The van der Waals surface area contributed by atoms with Gasteiger partial charge in [0.1, 0.15) is 0 Å². The van der Waals surface area contributed by atoms with E-state index < -0.39 is 0 Å². The van der Waals surface area contributed by atoms with E-state index in [4.69, 9.17) is 0 Å². The van der Waals surface area contributed by atoms with Crippen molar-refractivity contribution in [2.24, 2.45) is 29.6 Å². The largest absolute Gasteiger partial charge is 0.393 e. The summed E-state index contributed by atoms with van der Waals surface area (Å²) in [5, 5.41) is 13.3. The zero-order valence-corrected chi connectivity index (χ0v) is 12.4. The van der Waals surface area contributed by atoms with Crippen LogP contribution in [0, 0.1) is 29.6 Å². The topological polar surface area (TPSA) is 32.3 Å². The molecule has 0 bridgehead atoms. The number of aliphatic hydroxyl groups is 1. The minimum absolute atomic E-state index is 0.116. The normalized spacial score (nSPS) is 36.5. The smallest absolute Gasteiger partial charge is 0.0563 e. The average Bonchev–Trinajstić information content (AvgIpc) is 2.99. The monoisotopic (exact) mass is 253 g/mol. The van der Waals surface area contributed by atoms with E-state index in [1.54, 1.807) is 0 Å². The Labute approximate surface area is 113 Å². The molecule has 3 unspecified atom stereocenters. The third-order valence-electron chi connectivity index (χ3n) is 5.33. The second-order valence-electron chi connectivity index (χ2n) is 7.02. The second-order valence-corrected chi connectivity index (χ2v) is 7.02. The molecule has 0 aliphatic heterocycles. The van der Waals surface area contributed by atoms with E-state index in [0.29, 0.717) is 5.92 Å². The maximum absolute atomic E-state index is 9.72. The van der Waals surface area contributed by atoms with Gasteiger partial charge in [0, 0.05) is 0 Å². The van der Waals surface area contributed by atoms with Gasteiger partial charge in [-0.3, -0.25) is 0 Å². The summed E-state index contributed by atoms with van der Waals surface area (Å²) in [5.41, 5.74) is 0. The molecule has 2 aliphatic rings. The Morgan fingerprint density at radius 2 is 2.00 bits per heavy atom. The van der Waals surface area contributed by atoms with Gasteiger partial charge in [-0.05, 0) is 74.8 Å². The molecule has 0 radical (unpaired) electrons. The standard InChI is InChI=1S/C16H31NO/c1-11(2)16(18)5-4-8-17-10-13-6-7-14-12(3)15(14)9-13/h11-18H,4-10H2,1-3H3/t12?,13?,14-,15?,16+/m1/s1. The molecule has 0 amide bonds. The summed E-state index contributed by atoms with van der Waals surface area (Å²) in [6.07, 6.45) is 6.31. The van der Waals surface area contributed by atoms with Gasteiger partial charge in [-0.25, -0.2) is 0 Å². The van der Waals surface area contributed by atoms with Gasteiger partial charge in [-0.2, -0.15) is 0 Å². The highest BCUT2D eigenvalue weighted by Gasteiger charge is 2.49. The molecule has 0 heterocycles. The number of hydrogen-bond donors (Lipinski definition) is 2. The first-order valence-electron chi connectivity index (χ1n) is 7.98. The molecular formula is C16H31NO. The second kappa shape index (κ2) is 6.38. The van der Waals surface area contributed by atoms with E-state index in [2.05, 4.69) is 26.1 Å². The van der Waals surface area contributed by atoms with Crippen molar-refractivity contribution in [3.05, 3.63) is 0 Å². The van der Waals surface area contributed by atoms with Crippen molar-refractivity contribution >= 4 is 0 Å². The van der Waals surface area contributed by atoms with Gasteiger partial charge in [0.25, 0.3) is 0 Å². The van der Waals surface area contributed by atoms with Crippen molar-refractivity contribution in [2.75, 3.05) is 13.1 Å². The Balaban J connectivity index is 1.49. The molecular weight excluding hydrogens is 222 g/mol. The first-order chi connectivity index (χ1) is 8.59. The predicted octanol–water partition coefficient (Wildman–Crippen LogP) is 3.06. The van der Waals surface area contributed by atoms with Crippen LogP contribution in [0.5, 0.6) is 0 Å². The minimum Gasteiger partial charge on any atom is -0.393 e. The number of fused-ring (bicyclic) bond motifs is 1. The Morgan fingerprint density at radius 3 is 2.67 bits per heavy atom. The lowest BCUT2D eigenvalue weighted by Crippen LogP contribution is -2.27. The van der Waals surface area contributed by atoms with Crippen LogP contribution in [0.2, 0.25) is 0 Å². The van der Waals surface area contributed by atoms with Gasteiger partial charge in [0.05, 0.1) is 6.10 Å². The number of rotatable bonds is 7. The highest BCUT2D eigenvalue weighted by molar-refractivity contribution is 4.98. The first kappa shape index (κ1) is 14.3. The van der Waals surface area contributed by atoms with Gasteiger partial charge in [-0.15, -0.1) is 0 Å². The SMILES string of the molecule is CC1C2CC(CNCCC[C@H](O)C(C)C)CC[C@H]12. The van der Waals surface area contributed by atoms with E-state index in [-0.39, 0.29) is 6.10 Å². The Bertz CT molecular complexity index is 253. The molecule has 2 aliphatic carbocycles. The summed E-state index contributed by atoms with van der Waals surface area (Å²) in [7, 11) is 0. The van der Waals surface area contributed by atoms with Gasteiger partial charge < -0.3 is 10.4 Å². The van der Waals surface area contributed by atoms with Gasteiger partial charge in [0.2, 0.25) is 0 Å². The first-order valence-corrected chi connectivity index (χ1v) is 7.98. The van der Waals surface area contributed by atoms with Crippen molar-refractivity contribution < 1.29 is 5.11 Å². The maximum atomic E-state index is 9.72. The summed E-state index contributed by atoms with van der Waals surface area (Å²) in [6, 6.07) is 0. The van der Waals surface area contributed by atoms with Crippen molar-refractivity contribution in [2.45, 2.75) is 59.0 Å². The van der Waals surface area contributed by atoms with Crippen molar-refractivity contribution in [3.63, 3.8) is 0 Å². The quantitative estimate of drug-likeness (QED) is 0.684. The molecule has 2 fully saturated rings. The van der Waals surface area contributed by atoms with E-state index in [0.717, 1.165) is 43.1 Å². The van der Waals surface area contributed by atoms with Gasteiger partial charge in [0.15, 0.2) is 0 Å². The van der Waals surface area contributed by atoms with Crippen LogP contribution in [0.1, 0.15) is 52.9 Å². The average molecular weight is 253 g/mol. The lowest BCUT2D eigenvalue weighted by Gasteiger charge is -2.21. The predicted molar refractivity (Wildman–Crippen MR) is 76.4 cm³/mol. The van der Waals surface area contributed by atoms with Crippen LogP contribution in [-0.4, -0.2) is 24.3 Å². The number of hydrogen-bond acceptors (Lipinski definition) is 2. The minimum atomic E-state index is -0.116. The lowest BCUT2D eigenvalue weighted by atomic mass is 9.89. The molecule has 2 saturated carbocycles.